The van der Waals surface area contributed by atoms with Crippen molar-refractivity contribution in [3.63, 3.8) is 0 Å². The lowest BCUT2D eigenvalue weighted by Crippen LogP contribution is -2.18. The lowest BCUT2D eigenvalue weighted by molar-refractivity contribution is 0.0959. The molecule has 5 rings (SSSR count). The first kappa shape index (κ1) is 20.0. The number of methoxy groups -OCH3 is 1. The van der Waals surface area contributed by atoms with Crippen LogP contribution < -0.4 is 10.2 Å². The van der Waals surface area contributed by atoms with Crippen LogP contribution in [0.2, 0.25) is 0 Å². The number of rotatable bonds is 5. The van der Waals surface area contributed by atoms with Crippen molar-refractivity contribution in [1.82, 2.24) is 20.0 Å². The van der Waals surface area contributed by atoms with Crippen LogP contribution in [0.3, 0.4) is 0 Å². The van der Waals surface area contributed by atoms with Crippen molar-refractivity contribution in [2.75, 3.05) is 7.11 Å². The molecule has 0 saturated heterocycles. The first-order chi connectivity index (χ1) is 15.5. The fraction of sp³-hybridized carbons (Fsp3) is 0.125. The highest BCUT2D eigenvalue weighted by Crippen LogP contribution is 2.35. The SMILES string of the molecule is COc1ccc2[nH]cc(C=NNC(=O)c3sc4nc(C)cc(C)c4c3-n3cccc3)c2c1. The molecule has 0 radical (unpaired) electrons. The maximum Gasteiger partial charge on any atom is 0.283 e. The summed E-state index contributed by atoms with van der Waals surface area (Å²) in [5, 5.41) is 6.17. The molecule has 7 nitrogen and oxygen atoms in total. The van der Waals surface area contributed by atoms with Gasteiger partial charge in [-0.3, -0.25) is 4.79 Å². The number of nitrogens with zero attached hydrogens (tertiary/aromatic N) is 3. The third-order valence-corrected chi connectivity index (χ3v) is 6.39. The van der Waals surface area contributed by atoms with Crippen molar-refractivity contribution < 1.29 is 9.53 Å². The van der Waals surface area contributed by atoms with Gasteiger partial charge in [0.1, 0.15) is 15.5 Å². The van der Waals surface area contributed by atoms with Crippen molar-refractivity contribution in [2.24, 2.45) is 5.10 Å². The van der Waals surface area contributed by atoms with Gasteiger partial charge in [0.25, 0.3) is 5.91 Å². The van der Waals surface area contributed by atoms with E-state index in [-0.39, 0.29) is 5.91 Å². The summed E-state index contributed by atoms with van der Waals surface area (Å²) >= 11 is 1.37. The van der Waals surface area contributed by atoms with Crippen molar-refractivity contribution in [3.05, 3.63) is 76.7 Å². The van der Waals surface area contributed by atoms with Gasteiger partial charge < -0.3 is 14.3 Å². The van der Waals surface area contributed by atoms with E-state index < -0.39 is 0 Å². The number of benzene rings is 1. The number of hydrazone groups is 1. The van der Waals surface area contributed by atoms with Gasteiger partial charge in [-0.15, -0.1) is 11.3 Å². The molecule has 0 aliphatic heterocycles. The number of thiophene rings is 1. The zero-order chi connectivity index (χ0) is 22.2. The van der Waals surface area contributed by atoms with Crippen LogP contribution in [0.25, 0.3) is 26.8 Å². The molecule has 5 aromatic rings. The Hall–Kier alpha value is -3.91. The van der Waals surface area contributed by atoms with Gasteiger partial charge in [-0.25, -0.2) is 10.4 Å². The third-order valence-electron chi connectivity index (χ3n) is 5.32. The molecule has 0 bridgehead atoms. The predicted octanol–water partition coefficient (Wildman–Crippen LogP) is 4.96. The van der Waals surface area contributed by atoms with Crippen molar-refractivity contribution in [3.8, 4) is 11.4 Å². The number of amides is 1. The van der Waals surface area contributed by atoms with E-state index in [1.807, 2.05) is 73.4 Å². The smallest absolute Gasteiger partial charge is 0.283 e. The number of aryl methyl sites for hydroxylation is 2. The van der Waals surface area contributed by atoms with E-state index >= 15 is 0 Å². The van der Waals surface area contributed by atoms with E-state index in [0.29, 0.717) is 4.88 Å². The van der Waals surface area contributed by atoms with Crippen LogP contribution in [0.4, 0.5) is 0 Å². The zero-order valence-electron chi connectivity index (χ0n) is 17.8. The number of H-pyrrole nitrogens is 1. The molecule has 4 aromatic heterocycles. The molecule has 0 saturated carbocycles. The van der Waals surface area contributed by atoms with Crippen molar-refractivity contribution in [2.45, 2.75) is 13.8 Å². The van der Waals surface area contributed by atoms with Gasteiger partial charge in [-0.2, -0.15) is 5.10 Å². The highest BCUT2D eigenvalue weighted by atomic mass is 32.1. The standard InChI is InChI=1S/C24H21N5O2S/c1-14-10-15(2)27-24-20(14)21(29-8-4-5-9-29)22(32-24)23(30)28-26-13-16-12-25-19-7-6-17(31-3)11-18(16)19/h4-13,25H,1-3H3,(H,28,30). The fourth-order valence-corrected chi connectivity index (χ4v) is 5.06. The number of carbonyl (C=O) groups excluding carboxylic acids is 1. The molecule has 0 atom stereocenters. The summed E-state index contributed by atoms with van der Waals surface area (Å²) in [6.07, 6.45) is 7.34. The van der Waals surface area contributed by atoms with Gasteiger partial charge in [0, 0.05) is 46.1 Å². The average Bonchev–Trinajstić information content (AvgIpc) is 3.51. The predicted molar refractivity (Wildman–Crippen MR) is 128 cm³/mol. The number of carbonyl (C=O) groups is 1. The van der Waals surface area contributed by atoms with Crippen LogP contribution in [0.1, 0.15) is 26.5 Å². The summed E-state index contributed by atoms with van der Waals surface area (Å²) in [5.74, 6) is 0.484. The lowest BCUT2D eigenvalue weighted by Gasteiger charge is -2.07. The topological polar surface area (TPSA) is 84.3 Å². The van der Waals surface area contributed by atoms with Crippen LogP contribution in [-0.2, 0) is 0 Å². The molecule has 32 heavy (non-hydrogen) atoms. The van der Waals surface area contributed by atoms with Gasteiger partial charge in [0.15, 0.2) is 0 Å². The van der Waals surface area contributed by atoms with E-state index in [1.54, 1.807) is 13.3 Å². The Bertz CT molecular complexity index is 1480. The number of pyridine rings is 1. The van der Waals surface area contributed by atoms with Crippen molar-refractivity contribution >= 4 is 44.6 Å². The fourth-order valence-electron chi connectivity index (χ4n) is 3.87. The average molecular weight is 444 g/mol. The zero-order valence-corrected chi connectivity index (χ0v) is 18.7. The number of aromatic nitrogens is 3. The summed E-state index contributed by atoms with van der Waals surface area (Å²) < 4.78 is 7.26. The summed E-state index contributed by atoms with van der Waals surface area (Å²) in [6, 6.07) is 11.7. The molecule has 0 fully saturated rings. The Kier molecular flexibility index (Phi) is 4.99. The maximum atomic E-state index is 13.1. The molecule has 4 heterocycles. The van der Waals surface area contributed by atoms with E-state index in [4.69, 9.17) is 4.74 Å². The molecule has 1 amide bonds. The molecule has 1 aromatic carbocycles. The Morgan fingerprint density at radius 3 is 2.84 bits per heavy atom. The molecule has 0 spiro atoms. The summed E-state index contributed by atoms with van der Waals surface area (Å²) in [6.45, 7) is 4.00. The number of ether oxygens (including phenoxy) is 1. The molecular weight excluding hydrogens is 422 g/mol. The van der Waals surface area contributed by atoms with Crippen LogP contribution in [-0.4, -0.2) is 33.8 Å². The normalized spacial score (nSPS) is 11.6. The van der Waals surface area contributed by atoms with Crippen LogP contribution >= 0.6 is 11.3 Å². The molecule has 8 heteroatoms. The lowest BCUT2D eigenvalue weighted by atomic mass is 10.1. The molecular formula is C24H21N5O2S. The Morgan fingerprint density at radius 1 is 1.25 bits per heavy atom. The molecule has 0 aliphatic rings. The Morgan fingerprint density at radius 2 is 2.06 bits per heavy atom. The quantitative estimate of drug-likeness (QED) is 0.297. The monoisotopic (exact) mass is 443 g/mol. The summed E-state index contributed by atoms with van der Waals surface area (Å²) in [5.41, 5.74) is 7.34. The number of nitrogens with one attached hydrogen (secondary N) is 2. The third kappa shape index (κ3) is 3.44. The van der Waals surface area contributed by atoms with E-state index in [9.17, 15) is 4.79 Å². The molecule has 0 aliphatic carbocycles. The first-order valence-electron chi connectivity index (χ1n) is 10.1. The van der Waals surface area contributed by atoms with Gasteiger partial charge >= 0.3 is 0 Å². The van der Waals surface area contributed by atoms with Gasteiger partial charge in [-0.1, -0.05) is 0 Å². The minimum atomic E-state index is -0.276. The minimum absolute atomic E-state index is 0.276. The second-order valence-corrected chi connectivity index (χ2v) is 8.48. The Labute approximate surface area is 188 Å². The highest BCUT2D eigenvalue weighted by molar-refractivity contribution is 7.21. The first-order valence-corrected chi connectivity index (χ1v) is 10.9. The second-order valence-electron chi connectivity index (χ2n) is 7.49. The van der Waals surface area contributed by atoms with Crippen molar-refractivity contribution in [1.29, 1.82) is 0 Å². The number of hydrogen-bond donors (Lipinski definition) is 2. The van der Waals surface area contributed by atoms with Crippen LogP contribution in [0, 0.1) is 13.8 Å². The summed E-state index contributed by atoms with van der Waals surface area (Å²) in [7, 11) is 1.63. The Balaban J connectivity index is 1.49. The van der Waals surface area contributed by atoms with Gasteiger partial charge in [0.2, 0.25) is 0 Å². The number of hydrogen-bond acceptors (Lipinski definition) is 5. The van der Waals surface area contributed by atoms with E-state index in [2.05, 4.69) is 20.5 Å². The molecule has 0 unspecified atom stereocenters. The summed E-state index contributed by atoms with van der Waals surface area (Å²) in [4.78, 5) is 22.4. The van der Waals surface area contributed by atoms with Gasteiger partial charge in [0.05, 0.1) is 19.0 Å². The van der Waals surface area contributed by atoms with Crippen LogP contribution in [0.15, 0.2) is 60.1 Å². The largest absolute Gasteiger partial charge is 0.497 e. The number of aromatic amines is 1. The molecule has 2 N–H and O–H groups in total. The second kappa shape index (κ2) is 7.97. The number of fused-ring (bicyclic) bond motifs is 2. The van der Waals surface area contributed by atoms with Crippen LogP contribution in [0.5, 0.6) is 5.75 Å². The minimum Gasteiger partial charge on any atom is -0.497 e. The maximum absolute atomic E-state index is 13.1. The molecule has 160 valence electrons. The van der Waals surface area contributed by atoms with E-state index in [0.717, 1.165) is 49.4 Å². The van der Waals surface area contributed by atoms with Gasteiger partial charge in [-0.05, 0) is 55.8 Å². The highest BCUT2D eigenvalue weighted by Gasteiger charge is 2.22. The van der Waals surface area contributed by atoms with E-state index in [1.165, 1.54) is 11.3 Å².